The van der Waals surface area contributed by atoms with E-state index in [4.69, 9.17) is 9.84 Å². The standard InChI is InChI=1S/C12H14N2O4.H2S/c1-14-7-10(18-12(14)17)6-13-9-4-2-8(3-5-9)11(15)16;/h2-5,10,13H,6-7H2,1H3,(H,15,16);1H2/t10-;/m0./s1. The number of carbonyl (C=O) groups excluding carboxylic acids is 1. The van der Waals surface area contributed by atoms with Crippen molar-refractivity contribution >= 4 is 31.2 Å². The van der Waals surface area contributed by atoms with Crippen LogP contribution in [0.1, 0.15) is 10.4 Å². The van der Waals surface area contributed by atoms with E-state index >= 15 is 0 Å². The Labute approximate surface area is 117 Å². The summed E-state index contributed by atoms with van der Waals surface area (Å²) in [5, 5.41) is 11.9. The summed E-state index contributed by atoms with van der Waals surface area (Å²) in [5.74, 6) is -0.951. The first-order valence-corrected chi connectivity index (χ1v) is 5.55. The number of aromatic carboxylic acids is 1. The molecule has 1 aromatic rings. The van der Waals surface area contributed by atoms with Crippen molar-refractivity contribution in [3.05, 3.63) is 29.8 Å². The van der Waals surface area contributed by atoms with Crippen LogP contribution in [0.3, 0.4) is 0 Å². The summed E-state index contributed by atoms with van der Waals surface area (Å²) in [6.07, 6.45) is -0.496. The number of hydrogen-bond donors (Lipinski definition) is 2. The number of carboxylic acid groups (broad SMARTS) is 1. The fourth-order valence-electron chi connectivity index (χ4n) is 1.72. The third-order valence-corrected chi connectivity index (χ3v) is 2.72. The summed E-state index contributed by atoms with van der Waals surface area (Å²) in [5.41, 5.74) is 1.04. The van der Waals surface area contributed by atoms with Gasteiger partial charge in [0.25, 0.3) is 0 Å². The van der Waals surface area contributed by atoms with Crippen molar-refractivity contribution in [2.24, 2.45) is 0 Å². The van der Waals surface area contributed by atoms with Crippen LogP contribution in [0.4, 0.5) is 10.5 Å². The second-order valence-corrected chi connectivity index (χ2v) is 4.15. The largest absolute Gasteiger partial charge is 0.478 e. The fraction of sp³-hybridized carbons (Fsp3) is 0.333. The molecule has 1 heterocycles. The highest BCUT2D eigenvalue weighted by atomic mass is 32.1. The predicted octanol–water partition coefficient (Wildman–Crippen LogP) is 1.36. The Kier molecular flexibility index (Phi) is 5.05. The van der Waals surface area contributed by atoms with Gasteiger partial charge in [-0.1, -0.05) is 0 Å². The Hall–Kier alpha value is -1.89. The van der Waals surface area contributed by atoms with Gasteiger partial charge in [-0.2, -0.15) is 13.5 Å². The van der Waals surface area contributed by atoms with E-state index in [0.29, 0.717) is 13.1 Å². The zero-order valence-electron chi connectivity index (χ0n) is 10.4. The van der Waals surface area contributed by atoms with E-state index in [0.717, 1.165) is 5.69 Å². The first-order chi connectivity index (χ1) is 8.56. The molecular formula is C12H16N2O4S. The molecule has 0 unspecified atom stereocenters. The van der Waals surface area contributed by atoms with Gasteiger partial charge < -0.3 is 20.1 Å². The molecule has 7 heteroatoms. The monoisotopic (exact) mass is 284 g/mol. The molecule has 1 aliphatic heterocycles. The van der Waals surface area contributed by atoms with Gasteiger partial charge in [0.15, 0.2) is 0 Å². The summed E-state index contributed by atoms with van der Waals surface area (Å²) in [6, 6.07) is 6.42. The highest BCUT2D eigenvalue weighted by Gasteiger charge is 2.27. The average molecular weight is 284 g/mol. The van der Waals surface area contributed by atoms with Crippen LogP contribution in [-0.4, -0.2) is 48.3 Å². The molecule has 1 atom stereocenters. The van der Waals surface area contributed by atoms with Crippen molar-refractivity contribution in [2.45, 2.75) is 6.10 Å². The van der Waals surface area contributed by atoms with Gasteiger partial charge in [-0.15, -0.1) is 0 Å². The van der Waals surface area contributed by atoms with Crippen molar-refractivity contribution in [3.8, 4) is 0 Å². The van der Waals surface area contributed by atoms with Gasteiger partial charge in [0.1, 0.15) is 6.10 Å². The number of anilines is 1. The van der Waals surface area contributed by atoms with Gasteiger partial charge in [-0.25, -0.2) is 9.59 Å². The van der Waals surface area contributed by atoms with Gasteiger partial charge in [0.05, 0.1) is 18.7 Å². The van der Waals surface area contributed by atoms with Crippen LogP contribution in [0, 0.1) is 0 Å². The van der Waals surface area contributed by atoms with E-state index < -0.39 is 5.97 Å². The van der Waals surface area contributed by atoms with E-state index in [1.54, 1.807) is 19.2 Å². The fourth-order valence-corrected chi connectivity index (χ4v) is 1.72. The molecule has 2 rings (SSSR count). The molecule has 19 heavy (non-hydrogen) atoms. The second-order valence-electron chi connectivity index (χ2n) is 4.15. The number of nitrogens with zero attached hydrogens (tertiary/aromatic N) is 1. The highest BCUT2D eigenvalue weighted by Crippen LogP contribution is 2.12. The van der Waals surface area contributed by atoms with E-state index in [1.807, 2.05) is 0 Å². The summed E-state index contributed by atoms with van der Waals surface area (Å²) < 4.78 is 5.09. The molecule has 2 N–H and O–H groups in total. The van der Waals surface area contributed by atoms with Crippen molar-refractivity contribution in [3.63, 3.8) is 0 Å². The number of carbonyl (C=O) groups is 2. The minimum atomic E-state index is -0.951. The summed E-state index contributed by atoms with van der Waals surface area (Å²) in [7, 11) is 1.68. The van der Waals surface area contributed by atoms with Crippen molar-refractivity contribution in [2.75, 3.05) is 25.5 Å². The number of hydrogen-bond acceptors (Lipinski definition) is 4. The third kappa shape index (κ3) is 3.78. The third-order valence-electron chi connectivity index (χ3n) is 2.72. The Morgan fingerprint density at radius 3 is 2.58 bits per heavy atom. The smallest absolute Gasteiger partial charge is 0.410 e. The Morgan fingerprint density at radius 1 is 1.47 bits per heavy atom. The number of nitrogens with one attached hydrogen (secondary N) is 1. The molecule has 0 aromatic heterocycles. The predicted molar refractivity (Wildman–Crippen MR) is 75.2 cm³/mol. The Morgan fingerprint density at radius 2 is 2.11 bits per heavy atom. The van der Waals surface area contributed by atoms with Crippen LogP contribution in [0.15, 0.2) is 24.3 Å². The summed E-state index contributed by atoms with van der Waals surface area (Å²) in [4.78, 5) is 23.3. The first-order valence-electron chi connectivity index (χ1n) is 5.55. The zero-order valence-corrected chi connectivity index (χ0v) is 11.4. The number of likely N-dealkylation sites (N-methyl/N-ethyl adjacent to an activating group) is 1. The topological polar surface area (TPSA) is 78.9 Å². The molecule has 0 radical (unpaired) electrons. The van der Waals surface area contributed by atoms with Crippen LogP contribution in [0.25, 0.3) is 0 Å². The number of carboxylic acids is 1. The molecule has 0 aliphatic carbocycles. The molecular weight excluding hydrogens is 268 g/mol. The SMILES string of the molecule is CN1C[C@H](CNc2ccc(C(=O)O)cc2)OC1=O.S. The van der Waals surface area contributed by atoms with Gasteiger partial charge in [0, 0.05) is 12.7 Å². The van der Waals surface area contributed by atoms with Crippen LogP contribution in [0.2, 0.25) is 0 Å². The number of amides is 1. The normalized spacial score (nSPS) is 17.6. The van der Waals surface area contributed by atoms with Crippen molar-refractivity contribution < 1.29 is 19.4 Å². The molecule has 1 fully saturated rings. The molecule has 1 aliphatic rings. The van der Waals surface area contributed by atoms with Crippen LogP contribution in [-0.2, 0) is 4.74 Å². The van der Waals surface area contributed by atoms with Crippen molar-refractivity contribution in [1.29, 1.82) is 0 Å². The average Bonchev–Trinajstić information content (AvgIpc) is 2.67. The van der Waals surface area contributed by atoms with Crippen LogP contribution in [0.5, 0.6) is 0 Å². The first kappa shape index (κ1) is 15.2. The van der Waals surface area contributed by atoms with E-state index in [2.05, 4.69) is 5.32 Å². The van der Waals surface area contributed by atoms with E-state index in [9.17, 15) is 9.59 Å². The maximum Gasteiger partial charge on any atom is 0.410 e. The maximum absolute atomic E-state index is 11.1. The Bertz CT molecular complexity index is 463. The lowest BCUT2D eigenvalue weighted by molar-refractivity contribution is 0.0697. The van der Waals surface area contributed by atoms with Gasteiger partial charge in [-0.05, 0) is 24.3 Å². The molecule has 104 valence electrons. The zero-order chi connectivity index (χ0) is 13.1. The lowest BCUT2D eigenvalue weighted by Crippen LogP contribution is -2.24. The lowest BCUT2D eigenvalue weighted by atomic mass is 10.2. The number of rotatable bonds is 4. The van der Waals surface area contributed by atoms with E-state index in [1.165, 1.54) is 17.0 Å². The van der Waals surface area contributed by atoms with Crippen LogP contribution < -0.4 is 5.32 Å². The van der Waals surface area contributed by atoms with E-state index in [-0.39, 0.29) is 31.3 Å². The number of ether oxygens (including phenoxy) is 1. The molecule has 0 spiro atoms. The number of cyclic esters (lactones) is 1. The molecule has 0 saturated carbocycles. The molecule has 1 aromatic carbocycles. The van der Waals surface area contributed by atoms with Gasteiger partial charge >= 0.3 is 12.1 Å². The highest BCUT2D eigenvalue weighted by molar-refractivity contribution is 7.59. The maximum atomic E-state index is 11.1. The Balaban J connectivity index is 0.00000180. The second kappa shape index (κ2) is 6.33. The molecule has 1 saturated heterocycles. The minimum Gasteiger partial charge on any atom is -0.478 e. The minimum absolute atomic E-state index is 0. The van der Waals surface area contributed by atoms with Gasteiger partial charge in [0.2, 0.25) is 0 Å². The summed E-state index contributed by atoms with van der Waals surface area (Å²) in [6.45, 7) is 1.06. The molecule has 0 bridgehead atoms. The molecule has 1 amide bonds. The van der Waals surface area contributed by atoms with Gasteiger partial charge in [-0.3, -0.25) is 0 Å². The lowest BCUT2D eigenvalue weighted by Gasteiger charge is -2.10. The quantitative estimate of drug-likeness (QED) is 0.872. The molecule has 6 nitrogen and oxygen atoms in total. The van der Waals surface area contributed by atoms with Crippen molar-refractivity contribution in [1.82, 2.24) is 4.90 Å². The van der Waals surface area contributed by atoms with Crippen LogP contribution >= 0.6 is 13.5 Å². The number of benzene rings is 1. The summed E-state index contributed by atoms with van der Waals surface area (Å²) >= 11 is 0.